The van der Waals surface area contributed by atoms with Gasteiger partial charge in [0.15, 0.2) is 6.61 Å². The quantitative estimate of drug-likeness (QED) is 0.561. The van der Waals surface area contributed by atoms with E-state index in [1.165, 1.54) is 22.5 Å². The smallest absolute Gasteiger partial charge is 0.264 e. The fourth-order valence-electron chi connectivity index (χ4n) is 3.70. The van der Waals surface area contributed by atoms with E-state index in [-0.39, 0.29) is 28.2 Å². The van der Waals surface area contributed by atoms with Crippen molar-refractivity contribution in [2.24, 2.45) is 0 Å². The molecule has 1 aliphatic heterocycles. The summed E-state index contributed by atoms with van der Waals surface area (Å²) in [5.41, 5.74) is 3.41. The number of anilines is 2. The first-order valence-corrected chi connectivity index (χ1v) is 12.1. The first-order valence-electron chi connectivity index (χ1n) is 10.2. The van der Waals surface area contributed by atoms with E-state index < -0.39 is 10.0 Å². The van der Waals surface area contributed by atoms with Crippen molar-refractivity contribution in [3.63, 3.8) is 0 Å². The third-order valence-electron chi connectivity index (χ3n) is 5.22. The van der Waals surface area contributed by atoms with E-state index in [0.29, 0.717) is 17.9 Å². The molecule has 0 saturated heterocycles. The zero-order valence-corrected chi connectivity index (χ0v) is 19.1. The molecule has 6 nitrogen and oxygen atoms in total. The molecule has 0 bridgehead atoms. The lowest BCUT2D eigenvalue weighted by atomic mass is 10.0. The third-order valence-corrected chi connectivity index (χ3v) is 7.32. The van der Waals surface area contributed by atoms with E-state index >= 15 is 0 Å². The summed E-state index contributed by atoms with van der Waals surface area (Å²) in [7, 11) is -3.78. The lowest BCUT2D eigenvalue weighted by Gasteiger charge is -2.30. The van der Waals surface area contributed by atoms with Crippen molar-refractivity contribution < 1.29 is 17.9 Å². The maximum absolute atomic E-state index is 13.3. The van der Waals surface area contributed by atoms with Gasteiger partial charge in [-0.2, -0.15) is 0 Å². The highest BCUT2D eigenvalue weighted by molar-refractivity contribution is 7.92. The molecule has 3 aromatic carbocycles. The van der Waals surface area contributed by atoms with Gasteiger partial charge in [0.1, 0.15) is 5.75 Å². The molecule has 3 aromatic rings. The predicted octanol–water partition coefficient (Wildman–Crippen LogP) is 4.81. The monoisotopic (exact) mass is 470 g/mol. The van der Waals surface area contributed by atoms with Gasteiger partial charge in [0.05, 0.1) is 15.6 Å². The first-order chi connectivity index (χ1) is 15.3. The van der Waals surface area contributed by atoms with E-state index in [1.807, 2.05) is 49.4 Å². The van der Waals surface area contributed by atoms with E-state index in [1.54, 1.807) is 6.07 Å². The van der Waals surface area contributed by atoms with Gasteiger partial charge in [-0.1, -0.05) is 41.9 Å². The average molecular weight is 471 g/mol. The Morgan fingerprint density at radius 2 is 1.91 bits per heavy atom. The van der Waals surface area contributed by atoms with E-state index in [2.05, 4.69) is 5.32 Å². The summed E-state index contributed by atoms with van der Waals surface area (Å²) in [6.45, 7) is 2.09. The van der Waals surface area contributed by atoms with Crippen LogP contribution in [0.1, 0.15) is 17.5 Å². The number of para-hydroxylation sites is 1. The number of carbonyl (C=O) groups excluding carboxylic acids is 1. The Bertz CT molecular complexity index is 1260. The number of ether oxygens (including phenoxy) is 1. The molecule has 8 heteroatoms. The molecule has 1 heterocycles. The Hall–Kier alpha value is -3.03. The minimum Gasteiger partial charge on any atom is -0.482 e. The SMILES string of the molecule is Cc1cccc(NC(=O)COc2ccc(S(=O)(=O)N3CCCc4ccccc43)cc2Cl)c1. The first kappa shape index (κ1) is 22.2. The van der Waals surface area contributed by atoms with Gasteiger partial charge in [0.2, 0.25) is 0 Å². The van der Waals surface area contributed by atoms with Crippen LogP contribution in [0.3, 0.4) is 0 Å². The van der Waals surface area contributed by atoms with Crippen LogP contribution in [-0.4, -0.2) is 27.5 Å². The Morgan fingerprint density at radius 1 is 1.09 bits per heavy atom. The summed E-state index contributed by atoms with van der Waals surface area (Å²) in [6, 6.07) is 19.2. The molecule has 1 aliphatic rings. The molecular weight excluding hydrogens is 448 g/mol. The predicted molar refractivity (Wildman–Crippen MR) is 126 cm³/mol. The largest absolute Gasteiger partial charge is 0.482 e. The Morgan fingerprint density at radius 3 is 2.69 bits per heavy atom. The van der Waals surface area contributed by atoms with Crippen molar-refractivity contribution in [2.75, 3.05) is 22.8 Å². The van der Waals surface area contributed by atoms with Gasteiger partial charge in [-0.3, -0.25) is 9.10 Å². The number of sulfonamides is 1. The number of aryl methyl sites for hydroxylation is 2. The van der Waals surface area contributed by atoms with Crippen molar-refractivity contribution in [3.05, 3.63) is 82.9 Å². The topological polar surface area (TPSA) is 75.7 Å². The third kappa shape index (κ3) is 4.74. The fraction of sp³-hybridized carbons (Fsp3) is 0.208. The molecule has 1 amide bonds. The van der Waals surface area contributed by atoms with Crippen molar-refractivity contribution in [3.8, 4) is 5.75 Å². The number of hydrogen-bond acceptors (Lipinski definition) is 4. The van der Waals surface area contributed by atoms with Gasteiger partial charge in [0.25, 0.3) is 15.9 Å². The Labute approximate surface area is 192 Å². The highest BCUT2D eigenvalue weighted by Crippen LogP contribution is 2.34. The van der Waals surface area contributed by atoms with Crippen LogP contribution < -0.4 is 14.4 Å². The van der Waals surface area contributed by atoms with Crippen molar-refractivity contribution in [1.29, 1.82) is 0 Å². The zero-order valence-electron chi connectivity index (χ0n) is 17.5. The summed E-state index contributed by atoms with van der Waals surface area (Å²) < 4.78 is 33.5. The second kappa shape index (κ2) is 9.22. The van der Waals surface area contributed by atoms with Crippen LogP contribution in [0, 0.1) is 6.92 Å². The molecule has 0 atom stereocenters. The van der Waals surface area contributed by atoms with Crippen molar-refractivity contribution >= 4 is 38.9 Å². The molecule has 1 N–H and O–H groups in total. The van der Waals surface area contributed by atoms with Gasteiger partial charge in [0, 0.05) is 12.2 Å². The number of carbonyl (C=O) groups is 1. The average Bonchev–Trinajstić information content (AvgIpc) is 2.77. The lowest BCUT2D eigenvalue weighted by Crippen LogP contribution is -2.35. The number of hydrogen-bond donors (Lipinski definition) is 1. The molecule has 0 fully saturated rings. The van der Waals surface area contributed by atoms with Gasteiger partial charge in [-0.15, -0.1) is 0 Å². The number of halogens is 1. The number of nitrogens with zero attached hydrogens (tertiary/aromatic N) is 1. The summed E-state index contributed by atoms with van der Waals surface area (Å²) in [6.07, 6.45) is 1.60. The normalized spacial score (nSPS) is 13.4. The van der Waals surface area contributed by atoms with E-state index in [4.69, 9.17) is 16.3 Å². The molecular formula is C24H23ClN2O4S. The van der Waals surface area contributed by atoms with Crippen LogP contribution in [-0.2, 0) is 21.2 Å². The standard InChI is InChI=1S/C24H23ClN2O4S/c1-17-6-4-9-19(14-17)26-24(28)16-31-23-12-11-20(15-21(23)25)32(29,30)27-13-5-8-18-7-2-3-10-22(18)27/h2-4,6-7,9-12,14-15H,5,8,13,16H2,1H3,(H,26,28). The molecule has 0 radical (unpaired) electrons. The fourth-order valence-corrected chi connectivity index (χ4v) is 5.57. The summed E-state index contributed by atoms with van der Waals surface area (Å²) in [5, 5.41) is 2.88. The van der Waals surface area contributed by atoms with Crippen LogP contribution in [0.2, 0.25) is 5.02 Å². The number of amides is 1. The second-order valence-corrected chi connectivity index (χ2v) is 9.88. The highest BCUT2D eigenvalue weighted by atomic mass is 35.5. The Kier molecular flexibility index (Phi) is 6.39. The summed E-state index contributed by atoms with van der Waals surface area (Å²) >= 11 is 6.30. The van der Waals surface area contributed by atoms with Crippen LogP contribution in [0.5, 0.6) is 5.75 Å². The summed E-state index contributed by atoms with van der Waals surface area (Å²) in [4.78, 5) is 12.3. The van der Waals surface area contributed by atoms with Crippen LogP contribution >= 0.6 is 11.6 Å². The molecule has 166 valence electrons. The lowest BCUT2D eigenvalue weighted by molar-refractivity contribution is -0.118. The molecule has 0 aromatic heterocycles. The van der Waals surface area contributed by atoms with Crippen LogP contribution in [0.25, 0.3) is 0 Å². The van der Waals surface area contributed by atoms with Crippen LogP contribution in [0.4, 0.5) is 11.4 Å². The van der Waals surface area contributed by atoms with E-state index in [0.717, 1.165) is 24.0 Å². The molecule has 0 spiro atoms. The second-order valence-electron chi connectivity index (χ2n) is 7.61. The maximum Gasteiger partial charge on any atom is 0.264 e. The van der Waals surface area contributed by atoms with Gasteiger partial charge in [-0.25, -0.2) is 8.42 Å². The molecule has 32 heavy (non-hydrogen) atoms. The maximum atomic E-state index is 13.3. The van der Waals surface area contributed by atoms with E-state index in [9.17, 15) is 13.2 Å². The zero-order chi connectivity index (χ0) is 22.7. The Balaban J connectivity index is 1.47. The number of fused-ring (bicyclic) bond motifs is 1. The minimum atomic E-state index is -3.78. The highest BCUT2D eigenvalue weighted by Gasteiger charge is 2.29. The van der Waals surface area contributed by atoms with Crippen molar-refractivity contribution in [2.45, 2.75) is 24.7 Å². The van der Waals surface area contributed by atoms with Gasteiger partial charge < -0.3 is 10.1 Å². The van der Waals surface area contributed by atoms with Crippen molar-refractivity contribution in [1.82, 2.24) is 0 Å². The number of rotatable bonds is 6. The van der Waals surface area contributed by atoms with Gasteiger partial charge in [-0.05, 0) is 67.3 Å². The molecule has 0 unspecified atom stereocenters. The van der Waals surface area contributed by atoms with Crippen LogP contribution in [0.15, 0.2) is 71.6 Å². The molecule has 4 rings (SSSR count). The minimum absolute atomic E-state index is 0.0794. The summed E-state index contributed by atoms with van der Waals surface area (Å²) in [5.74, 6) is -0.0997. The number of benzene rings is 3. The molecule has 0 saturated carbocycles. The van der Waals surface area contributed by atoms with Gasteiger partial charge >= 0.3 is 0 Å². The number of nitrogens with one attached hydrogen (secondary N) is 1. The molecule has 0 aliphatic carbocycles.